The number of anilines is 7. The number of benzene rings is 3. The number of amides is 2. The summed E-state index contributed by atoms with van der Waals surface area (Å²) in [6.07, 6.45) is 1.79. The lowest BCUT2D eigenvalue weighted by Crippen LogP contribution is -2.36. The van der Waals surface area contributed by atoms with E-state index in [2.05, 4.69) is 31.2 Å². The topological polar surface area (TPSA) is 108 Å². The summed E-state index contributed by atoms with van der Waals surface area (Å²) in [6.45, 7) is 3.17. The molecule has 0 atom stereocenters. The number of fused-ring (bicyclic) bond motifs is 2. The second-order valence-corrected chi connectivity index (χ2v) is 9.97. The highest BCUT2D eigenvalue weighted by atomic mass is 35.5. The molecule has 9 nitrogen and oxygen atoms in total. The van der Waals surface area contributed by atoms with Crippen LogP contribution in [0.3, 0.4) is 0 Å². The third kappa shape index (κ3) is 5.85. The van der Waals surface area contributed by atoms with Gasteiger partial charge in [0.05, 0.1) is 42.3 Å². The highest BCUT2D eigenvalue weighted by Gasteiger charge is 2.20. The van der Waals surface area contributed by atoms with Crippen LogP contribution in [0.15, 0.2) is 79.0 Å². The van der Waals surface area contributed by atoms with E-state index in [4.69, 9.17) is 16.3 Å². The van der Waals surface area contributed by atoms with Crippen molar-refractivity contribution in [1.29, 1.82) is 0 Å². The van der Waals surface area contributed by atoms with Crippen molar-refractivity contribution in [3.05, 3.63) is 95.3 Å². The average molecular weight is 555 g/mol. The van der Waals surface area contributed by atoms with Gasteiger partial charge in [-0.1, -0.05) is 17.7 Å². The number of rotatable bonds is 6. The summed E-state index contributed by atoms with van der Waals surface area (Å²) in [5.41, 5.74) is 6.72. The number of hydrogen-bond acceptors (Lipinski definition) is 7. The zero-order valence-corrected chi connectivity index (χ0v) is 22.3. The highest BCUT2D eigenvalue weighted by molar-refractivity contribution is 6.29. The van der Waals surface area contributed by atoms with Crippen LogP contribution in [0, 0.1) is 0 Å². The van der Waals surface area contributed by atoms with E-state index < -0.39 is 0 Å². The van der Waals surface area contributed by atoms with Gasteiger partial charge in [-0.3, -0.25) is 9.59 Å². The molecule has 3 aromatic carbocycles. The number of halogens is 1. The van der Waals surface area contributed by atoms with Crippen LogP contribution in [-0.4, -0.2) is 43.1 Å². The fraction of sp³-hybridized carbons (Fsp3) is 0.167. The molecule has 4 N–H and O–H groups in total. The van der Waals surface area contributed by atoms with Crippen LogP contribution < -0.4 is 26.2 Å². The minimum atomic E-state index is -0.235. The molecule has 1 fully saturated rings. The van der Waals surface area contributed by atoms with Gasteiger partial charge in [-0.2, -0.15) is 0 Å². The number of carbonyl (C=O) groups excluding carboxylic acids is 2. The van der Waals surface area contributed by atoms with E-state index in [9.17, 15) is 9.59 Å². The Morgan fingerprint density at radius 3 is 2.45 bits per heavy atom. The average Bonchev–Trinajstić information content (AvgIpc) is 3.09. The third-order valence-electron chi connectivity index (χ3n) is 6.77. The zero-order chi connectivity index (χ0) is 27.5. The molecule has 1 saturated heterocycles. The molecular formula is C30H27ClN6O3. The van der Waals surface area contributed by atoms with Crippen molar-refractivity contribution in [2.45, 2.75) is 6.42 Å². The predicted molar refractivity (Wildman–Crippen MR) is 158 cm³/mol. The number of pyridine rings is 1. The van der Waals surface area contributed by atoms with Crippen LogP contribution in [-0.2, 0) is 16.0 Å². The quantitative estimate of drug-likeness (QED) is 0.223. The molecule has 0 unspecified atom stereocenters. The van der Waals surface area contributed by atoms with E-state index in [1.165, 1.54) is 0 Å². The Morgan fingerprint density at radius 1 is 0.875 bits per heavy atom. The highest BCUT2D eigenvalue weighted by Crippen LogP contribution is 2.35. The number of nitrogens with one attached hydrogen (secondary N) is 4. The van der Waals surface area contributed by atoms with E-state index in [1.807, 2.05) is 60.7 Å². The first-order valence-corrected chi connectivity index (χ1v) is 13.3. The molecule has 0 bridgehead atoms. The maximum absolute atomic E-state index is 13.0. The number of carbonyl (C=O) groups is 2. The number of hydrogen-bond donors (Lipinski definition) is 4. The SMILES string of the molecule is O=C(Cc1ccc2c(c1)NC(=O)c1ccc(Nc3ccnc(Cl)c3)cc1N2)Nc1ccc(N2CCOCC2)cc1. The van der Waals surface area contributed by atoms with Gasteiger partial charge < -0.3 is 30.9 Å². The minimum absolute atomic E-state index is 0.137. The van der Waals surface area contributed by atoms with E-state index in [0.717, 1.165) is 60.3 Å². The molecule has 10 heteroatoms. The lowest BCUT2D eigenvalue weighted by molar-refractivity contribution is -0.115. The van der Waals surface area contributed by atoms with Crippen molar-refractivity contribution in [2.24, 2.45) is 0 Å². The van der Waals surface area contributed by atoms with Gasteiger partial charge in [0.25, 0.3) is 5.91 Å². The molecular weight excluding hydrogens is 528 g/mol. The van der Waals surface area contributed by atoms with Crippen LogP contribution in [0.5, 0.6) is 0 Å². The Balaban J connectivity index is 1.12. The van der Waals surface area contributed by atoms with Gasteiger partial charge in [-0.05, 0) is 72.3 Å². The standard InChI is InChI=1S/C30H27ClN6O3/c31-28-18-22(9-10-32-28)33-21-4-7-24-26(17-21)35-25-8-1-19(15-27(25)36-30(24)39)16-29(38)34-20-2-5-23(6-3-20)37-11-13-40-14-12-37/h1-10,15,17-18,35H,11-14,16H2,(H,32,33)(H,34,38)(H,36,39). The minimum Gasteiger partial charge on any atom is -0.378 e. The summed E-state index contributed by atoms with van der Waals surface area (Å²) in [4.78, 5) is 32.1. The molecule has 0 radical (unpaired) electrons. The smallest absolute Gasteiger partial charge is 0.257 e. The first kappa shape index (κ1) is 25.7. The van der Waals surface area contributed by atoms with Gasteiger partial charge in [0.1, 0.15) is 5.15 Å². The van der Waals surface area contributed by atoms with Gasteiger partial charge in [0, 0.05) is 42.0 Å². The summed E-state index contributed by atoms with van der Waals surface area (Å²) < 4.78 is 5.41. The third-order valence-corrected chi connectivity index (χ3v) is 6.98. The second-order valence-electron chi connectivity index (χ2n) is 9.58. The lowest BCUT2D eigenvalue weighted by Gasteiger charge is -2.28. The van der Waals surface area contributed by atoms with E-state index >= 15 is 0 Å². The van der Waals surface area contributed by atoms with Crippen molar-refractivity contribution >= 4 is 63.2 Å². The monoisotopic (exact) mass is 554 g/mol. The Kier molecular flexibility index (Phi) is 7.22. The molecule has 0 aliphatic carbocycles. The summed E-state index contributed by atoms with van der Waals surface area (Å²) in [5, 5.41) is 12.9. The molecule has 2 aliphatic heterocycles. The van der Waals surface area contributed by atoms with E-state index in [1.54, 1.807) is 18.3 Å². The Morgan fingerprint density at radius 2 is 1.65 bits per heavy atom. The molecule has 6 rings (SSSR count). The number of ether oxygens (including phenoxy) is 1. The number of nitrogens with zero attached hydrogens (tertiary/aromatic N) is 2. The van der Waals surface area contributed by atoms with Crippen molar-refractivity contribution in [2.75, 3.05) is 52.5 Å². The van der Waals surface area contributed by atoms with Crippen LogP contribution in [0.2, 0.25) is 5.15 Å². The fourth-order valence-corrected chi connectivity index (χ4v) is 4.96. The molecule has 4 aromatic rings. The predicted octanol–water partition coefficient (Wildman–Crippen LogP) is 5.81. The second kappa shape index (κ2) is 11.3. The zero-order valence-electron chi connectivity index (χ0n) is 21.5. The molecule has 1 aromatic heterocycles. The maximum atomic E-state index is 13.0. The van der Waals surface area contributed by atoms with Crippen molar-refractivity contribution < 1.29 is 14.3 Å². The first-order valence-electron chi connectivity index (χ1n) is 13.0. The number of aromatic nitrogens is 1. The maximum Gasteiger partial charge on any atom is 0.257 e. The van der Waals surface area contributed by atoms with Crippen LogP contribution >= 0.6 is 11.6 Å². The Labute approximate surface area is 236 Å². The van der Waals surface area contributed by atoms with E-state index in [0.29, 0.717) is 22.1 Å². The molecule has 202 valence electrons. The Bertz CT molecular complexity index is 1570. The summed E-state index contributed by atoms with van der Waals surface area (Å²) in [5.74, 6) is -0.371. The molecule has 0 saturated carbocycles. The van der Waals surface area contributed by atoms with Gasteiger partial charge in [0.15, 0.2) is 0 Å². The van der Waals surface area contributed by atoms with Gasteiger partial charge in [-0.25, -0.2) is 4.98 Å². The van der Waals surface area contributed by atoms with Crippen LogP contribution in [0.4, 0.5) is 39.8 Å². The number of morpholine rings is 1. The largest absolute Gasteiger partial charge is 0.378 e. The summed E-state index contributed by atoms with van der Waals surface area (Å²) in [7, 11) is 0. The molecule has 3 heterocycles. The lowest BCUT2D eigenvalue weighted by atomic mass is 10.1. The molecule has 2 aliphatic rings. The summed E-state index contributed by atoms with van der Waals surface area (Å²) >= 11 is 5.99. The fourth-order valence-electron chi connectivity index (χ4n) is 4.79. The van der Waals surface area contributed by atoms with Crippen LogP contribution in [0.1, 0.15) is 15.9 Å². The van der Waals surface area contributed by atoms with Crippen molar-refractivity contribution in [3.63, 3.8) is 0 Å². The molecule has 0 spiro atoms. The van der Waals surface area contributed by atoms with E-state index in [-0.39, 0.29) is 18.2 Å². The molecule has 40 heavy (non-hydrogen) atoms. The first-order chi connectivity index (χ1) is 19.5. The normalized spacial score (nSPS) is 14.2. The van der Waals surface area contributed by atoms with Crippen molar-refractivity contribution in [1.82, 2.24) is 4.98 Å². The van der Waals surface area contributed by atoms with Gasteiger partial charge >= 0.3 is 0 Å². The van der Waals surface area contributed by atoms with Crippen LogP contribution in [0.25, 0.3) is 0 Å². The Hall–Kier alpha value is -4.60. The molecule has 2 amide bonds. The van der Waals surface area contributed by atoms with Gasteiger partial charge in [0.2, 0.25) is 5.91 Å². The summed E-state index contributed by atoms with van der Waals surface area (Å²) in [6, 6.07) is 22.4. The van der Waals surface area contributed by atoms with Gasteiger partial charge in [-0.15, -0.1) is 0 Å². The van der Waals surface area contributed by atoms with Crippen molar-refractivity contribution in [3.8, 4) is 0 Å².